The number of H-pyrrole nitrogens is 1. The van der Waals surface area contributed by atoms with Gasteiger partial charge in [-0.1, -0.05) is 0 Å². The molecular weight excluding hydrogens is 342 g/mol. The maximum absolute atomic E-state index is 12.2. The Kier molecular flexibility index (Phi) is 5.45. The number of aryl methyl sites for hydroxylation is 1. The largest absolute Gasteiger partial charge is 0.497 e. The lowest BCUT2D eigenvalue weighted by atomic mass is 10.1. The number of nitrogens with zero attached hydrogens (tertiary/aromatic N) is 1. The summed E-state index contributed by atoms with van der Waals surface area (Å²) in [7, 11) is 5.53. The van der Waals surface area contributed by atoms with Crippen LogP contribution in [0, 0.1) is 0 Å². The summed E-state index contributed by atoms with van der Waals surface area (Å²) in [4.78, 5) is 29.3. The van der Waals surface area contributed by atoms with Crippen LogP contribution in [0.5, 0.6) is 5.75 Å². The molecule has 6 nitrogen and oxygen atoms in total. The fourth-order valence-electron chi connectivity index (χ4n) is 2.86. The molecule has 2 N–H and O–H groups in total. The number of hydrogen-bond acceptors (Lipinski definition) is 4. The molecule has 0 radical (unpaired) electrons. The molecule has 0 bridgehead atoms. The van der Waals surface area contributed by atoms with Crippen LogP contribution in [0.15, 0.2) is 53.3 Å². The first-order chi connectivity index (χ1) is 13.0. The second kappa shape index (κ2) is 7.95. The number of rotatable bonds is 6. The Bertz CT molecular complexity index is 1010. The Labute approximate surface area is 157 Å². The van der Waals surface area contributed by atoms with Crippen LogP contribution in [0.3, 0.4) is 0 Å². The van der Waals surface area contributed by atoms with Gasteiger partial charge in [0, 0.05) is 48.4 Å². The van der Waals surface area contributed by atoms with Gasteiger partial charge >= 0.3 is 0 Å². The van der Waals surface area contributed by atoms with Crippen LogP contribution < -0.4 is 20.5 Å². The van der Waals surface area contributed by atoms with E-state index in [1.807, 2.05) is 61.5 Å². The van der Waals surface area contributed by atoms with E-state index in [2.05, 4.69) is 10.3 Å². The van der Waals surface area contributed by atoms with E-state index in [-0.39, 0.29) is 17.9 Å². The average Bonchev–Trinajstić information content (AvgIpc) is 2.66. The van der Waals surface area contributed by atoms with E-state index in [1.165, 1.54) is 0 Å². The summed E-state index contributed by atoms with van der Waals surface area (Å²) in [6.07, 6.45) is 0.595. The number of fused-ring (bicyclic) bond motifs is 1. The molecule has 140 valence electrons. The average molecular weight is 365 g/mol. The summed E-state index contributed by atoms with van der Waals surface area (Å²) in [6.45, 7) is 0. The maximum Gasteiger partial charge on any atom is 0.251 e. The van der Waals surface area contributed by atoms with Gasteiger partial charge in [-0.05, 0) is 55.0 Å². The van der Waals surface area contributed by atoms with Gasteiger partial charge in [0.1, 0.15) is 5.75 Å². The fourth-order valence-corrected chi connectivity index (χ4v) is 2.86. The standard InChI is InChI=1S/C21H23N3O3/c1-24(2)17-7-5-16(6-8-17)22-20(25)11-4-14-12-15-13-18(27-3)9-10-19(15)23-21(14)26/h5-10,12-13H,4,11H2,1-3H3,(H,22,25)(H,23,26). The smallest absolute Gasteiger partial charge is 0.251 e. The molecule has 0 saturated carbocycles. The lowest BCUT2D eigenvalue weighted by molar-refractivity contribution is -0.116. The van der Waals surface area contributed by atoms with Crippen LogP contribution in [0.4, 0.5) is 11.4 Å². The van der Waals surface area contributed by atoms with E-state index in [9.17, 15) is 9.59 Å². The predicted octanol–water partition coefficient (Wildman–Crippen LogP) is 3.17. The summed E-state index contributed by atoms with van der Waals surface area (Å²) in [5, 5.41) is 3.74. The van der Waals surface area contributed by atoms with Gasteiger partial charge in [0.2, 0.25) is 5.91 Å². The van der Waals surface area contributed by atoms with Crippen LogP contribution in [0.2, 0.25) is 0 Å². The molecule has 0 spiro atoms. The Hall–Kier alpha value is -3.28. The molecule has 0 fully saturated rings. The molecule has 0 atom stereocenters. The summed E-state index contributed by atoms with van der Waals surface area (Å²) in [6, 6.07) is 14.9. The summed E-state index contributed by atoms with van der Waals surface area (Å²) < 4.78 is 5.22. The van der Waals surface area contributed by atoms with Crippen molar-refractivity contribution in [3.8, 4) is 5.75 Å². The van der Waals surface area contributed by atoms with E-state index in [0.29, 0.717) is 12.0 Å². The highest BCUT2D eigenvalue weighted by molar-refractivity contribution is 5.91. The van der Waals surface area contributed by atoms with Crippen LogP contribution in [0.1, 0.15) is 12.0 Å². The number of carbonyl (C=O) groups is 1. The van der Waals surface area contributed by atoms with Crippen LogP contribution >= 0.6 is 0 Å². The quantitative estimate of drug-likeness (QED) is 0.704. The maximum atomic E-state index is 12.2. The number of benzene rings is 2. The highest BCUT2D eigenvalue weighted by Gasteiger charge is 2.08. The molecule has 27 heavy (non-hydrogen) atoms. The zero-order chi connectivity index (χ0) is 19.4. The molecule has 1 aromatic heterocycles. The molecule has 0 aliphatic heterocycles. The van der Waals surface area contributed by atoms with Gasteiger partial charge in [0.15, 0.2) is 0 Å². The summed E-state index contributed by atoms with van der Waals surface area (Å²) in [5.41, 5.74) is 2.95. The predicted molar refractivity (Wildman–Crippen MR) is 109 cm³/mol. The number of pyridine rings is 1. The second-order valence-corrected chi connectivity index (χ2v) is 6.57. The molecule has 0 unspecified atom stereocenters. The highest BCUT2D eigenvalue weighted by atomic mass is 16.5. The van der Waals surface area contributed by atoms with E-state index in [1.54, 1.807) is 13.2 Å². The Balaban J connectivity index is 1.67. The van der Waals surface area contributed by atoms with Crippen molar-refractivity contribution in [1.29, 1.82) is 0 Å². The fraction of sp³-hybridized carbons (Fsp3) is 0.238. The third kappa shape index (κ3) is 4.47. The number of anilines is 2. The topological polar surface area (TPSA) is 74.4 Å². The second-order valence-electron chi connectivity index (χ2n) is 6.57. The molecule has 0 aliphatic rings. The van der Waals surface area contributed by atoms with Gasteiger partial charge in [-0.25, -0.2) is 0 Å². The number of ether oxygens (including phenoxy) is 1. The Morgan fingerprint density at radius 1 is 1.11 bits per heavy atom. The molecule has 6 heteroatoms. The van der Waals surface area contributed by atoms with Crippen molar-refractivity contribution in [3.05, 3.63) is 64.4 Å². The number of methoxy groups -OCH3 is 1. The first-order valence-electron chi connectivity index (χ1n) is 8.73. The minimum atomic E-state index is -0.171. The van der Waals surface area contributed by atoms with Crippen molar-refractivity contribution in [2.45, 2.75) is 12.8 Å². The van der Waals surface area contributed by atoms with Gasteiger partial charge in [0.05, 0.1) is 7.11 Å². The molecule has 0 aliphatic carbocycles. The first kappa shape index (κ1) is 18.5. The van der Waals surface area contributed by atoms with Gasteiger partial charge in [-0.3, -0.25) is 9.59 Å². The SMILES string of the molecule is COc1ccc2[nH]c(=O)c(CCC(=O)Nc3ccc(N(C)C)cc3)cc2c1. The zero-order valence-electron chi connectivity index (χ0n) is 15.7. The molecule has 3 rings (SSSR count). The van der Waals surface area contributed by atoms with Crippen molar-refractivity contribution in [2.75, 3.05) is 31.4 Å². The first-order valence-corrected chi connectivity index (χ1v) is 8.73. The molecule has 1 amide bonds. The zero-order valence-corrected chi connectivity index (χ0v) is 15.7. The molecule has 3 aromatic rings. The molecule has 0 saturated heterocycles. The molecule has 2 aromatic carbocycles. The van der Waals surface area contributed by atoms with E-state index < -0.39 is 0 Å². The number of hydrogen-bond donors (Lipinski definition) is 2. The van der Waals surface area contributed by atoms with E-state index in [4.69, 9.17) is 4.74 Å². The number of amides is 1. The number of carbonyl (C=O) groups excluding carboxylic acids is 1. The van der Waals surface area contributed by atoms with E-state index >= 15 is 0 Å². The summed E-state index contributed by atoms with van der Waals surface area (Å²) >= 11 is 0. The third-order valence-corrected chi connectivity index (χ3v) is 4.42. The van der Waals surface area contributed by atoms with Gasteiger partial charge in [-0.15, -0.1) is 0 Å². The van der Waals surface area contributed by atoms with Crippen LogP contribution in [-0.2, 0) is 11.2 Å². The van der Waals surface area contributed by atoms with Gasteiger partial charge < -0.3 is 19.9 Å². The molecule has 1 heterocycles. The normalized spacial score (nSPS) is 10.6. The number of nitrogens with one attached hydrogen (secondary N) is 2. The highest BCUT2D eigenvalue weighted by Crippen LogP contribution is 2.19. The van der Waals surface area contributed by atoms with E-state index in [0.717, 1.165) is 28.0 Å². The molecular formula is C21H23N3O3. The van der Waals surface area contributed by atoms with Crippen molar-refractivity contribution in [2.24, 2.45) is 0 Å². The van der Waals surface area contributed by atoms with Crippen molar-refractivity contribution >= 4 is 28.2 Å². The number of aromatic amines is 1. The van der Waals surface area contributed by atoms with Crippen molar-refractivity contribution in [3.63, 3.8) is 0 Å². The van der Waals surface area contributed by atoms with Gasteiger partial charge in [-0.2, -0.15) is 0 Å². The summed E-state index contributed by atoms with van der Waals surface area (Å²) in [5.74, 6) is 0.595. The third-order valence-electron chi connectivity index (χ3n) is 4.42. The van der Waals surface area contributed by atoms with Gasteiger partial charge in [0.25, 0.3) is 5.56 Å². The Morgan fingerprint density at radius 3 is 2.52 bits per heavy atom. The van der Waals surface area contributed by atoms with Crippen molar-refractivity contribution in [1.82, 2.24) is 4.98 Å². The minimum absolute atomic E-state index is 0.127. The van der Waals surface area contributed by atoms with Crippen LogP contribution in [0.25, 0.3) is 10.9 Å². The monoisotopic (exact) mass is 365 g/mol. The lowest BCUT2D eigenvalue weighted by Crippen LogP contribution is -2.17. The lowest BCUT2D eigenvalue weighted by Gasteiger charge is -2.13. The number of aromatic nitrogens is 1. The van der Waals surface area contributed by atoms with Crippen molar-refractivity contribution < 1.29 is 9.53 Å². The Morgan fingerprint density at radius 2 is 1.85 bits per heavy atom. The minimum Gasteiger partial charge on any atom is -0.497 e. The van der Waals surface area contributed by atoms with Crippen LogP contribution in [-0.4, -0.2) is 32.1 Å².